The molecule has 2 aromatic rings. The number of hydrogen-bond donors (Lipinski definition) is 1. The van der Waals surface area contributed by atoms with Crippen LogP contribution in [0.1, 0.15) is 28.5 Å². The fourth-order valence-corrected chi connectivity index (χ4v) is 2.31. The van der Waals surface area contributed by atoms with Crippen molar-refractivity contribution < 1.29 is 9.53 Å². The van der Waals surface area contributed by atoms with Crippen LogP contribution in [0.5, 0.6) is 0 Å². The Balaban J connectivity index is 1.97. The van der Waals surface area contributed by atoms with E-state index >= 15 is 0 Å². The van der Waals surface area contributed by atoms with E-state index in [4.69, 9.17) is 4.74 Å². The van der Waals surface area contributed by atoms with Crippen molar-refractivity contribution in [2.45, 2.75) is 20.4 Å². The number of esters is 1. The Morgan fingerprint density at radius 1 is 1.42 bits per heavy atom. The summed E-state index contributed by atoms with van der Waals surface area (Å²) in [7, 11) is 0. The second kappa shape index (κ2) is 6.33. The lowest BCUT2D eigenvalue weighted by Crippen LogP contribution is -2.06. The molecule has 1 aromatic carbocycles. The molecule has 4 nitrogen and oxygen atoms in total. The fraction of sp³-hybridized carbons (Fsp3) is 0.286. The highest BCUT2D eigenvalue weighted by atomic mass is 32.1. The molecule has 0 saturated carbocycles. The first-order chi connectivity index (χ1) is 9.20. The Morgan fingerprint density at radius 3 is 2.95 bits per heavy atom. The lowest BCUT2D eigenvalue weighted by Gasteiger charge is -2.05. The molecule has 1 heterocycles. The van der Waals surface area contributed by atoms with Gasteiger partial charge in [0.25, 0.3) is 0 Å². The molecule has 0 fully saturated rings. The van der Waals surface area contributed by atoms with E-state index in [1.54, 1.807) is 12.3 Å². The summed E-state index contributed by atoms with van der Waals surface area (Å²) < 4.78 is 4.90. The van der Waals surface area contributed by atoms with E-state index in [9.17, 15) is 4.79 Å². The summed E-state index contributed by atoms with van der Waals surface area (Å²) in [4.78, 5) is 15.7. The molecule has 5 heteroatoms. The molecule has 0 unspecified atom stereocenters. The van der Waals surface area contributed by atoms with E-state index in [1.165, 1.54) is 22.5 Å². The molecule has 19 heavy (non-hydrogen) atoms. The van der Waals surface area contributed by atoms with Gasteiger partial charge in [-0.1, -0.05) is 24.3 Å². The van der Waals surface area contributed by atoms with Crippen LogP contribution in [-0.4, -0.2) is 17.6 Å². The molecule has 0 atom stereocenters. The average molecular weight is 276 g/mol. The Kier molecular flexibility index (Phi) is 4.52. The number of ether oxygens (including phenoxy) is 1. The van der Waals surface area contributed by atoms with Crippen LogP contribution in [0.2, 0.25) is 0 Å². The number of carbonyl (C=O) groups is 1. The number of aromatic nitrogens is 1. The summed E-state index contributed by atoms with van der Waals surface area (Å²) >= 11 is 1.41. The molecule has 0 bridgehead atoms. The molecule has 0 aliphatic carbocycles. The van der Waals surface area contributed by atoms with Crippen LogP contribution >= 0.6 is 11.3 Å². The van der Waals surface area contributed by atoms with Gasteiger partial charge in [-0.15, -0.1) is 11.3 Å². The smallest absolute Gasteiger partial charge is 0.357 e. The maximum atomic E-state index is 11.5. The molecule has 100 valence electrons. The van der Waals surface area contributed by atoms with Crippen molar-refractivity contribution in [3.05, 3.63) is 46.5 Å². The Bertz CT molecular complexity index is 566. The molecule has 0 saturated heterocycles. The van der Waals surface area contributed by atoms with Crippen LogP contribution in [0.3, 0.4) is 0 Å². The lowest BCUT2D eigenvalue weighted by molar-refractivity contribution is 0.0520. The predicted molar refractivity (Wildman–Crippen MR) is 76.6 cm³/mol. The summed E-state index contributed by atoms with van der Waals surface area (Å²) in [6.45, 7) is 4.91. The molecule has 0 aliphatic heterocycles. The molecule has 0 amide bonds. The van der Waals surface area contributed by atoms with Crippen molar-refractivity contribution in [3.8, 4) is 0 Å². The first kappa shape index (κ1) is 13.5. The molecule has 0 radical (unpaired) electrons. The number of thiazole rings is 1. The highest BCUT2D eigenvalue weighted by molar-refractivity contribution is 7.13. The van der Waals surface area contributed by atoms with Gasteiger partial charge in [0.05, 0.1) is 6.61 Å². The van der Waals surface area contributed by atoms with Crippen molar-refractivity contribution in [3.63, 3.8) is 0 Å². The molecule has 0 spiro atoms. The number of hydrogen-bond acceptors (Lipinski definition) is 5. The minimum Gasteiger partial charge on any atom is -0.461 e. The van der Waals surface area contributed by atoms with Gasteiger partial charge in [0.1, 0.15) is 0 Å². The Morgan fingerprint density at radius 2 is 2.21 bits per heavy atom. The Labute approximate surface area is 116 Å². The van der Waals surface area contributed by atoms with E-state index in [1.807, 2.05) is 12.1 Å². The van der Waals surface area contributed by atoms with Crippen molar-refractivity contribution >= 4 is 22.4 Å². The second-order valence-corrected chi connectivity index (χ2v) is 4.90. The molecule has 2 rings (SSSR count). The van der Waals surface area contributed by atoms with Gasteiger partial charge in [-0.2, -0.15) is 0 Å². The number of benzene rings is 1. The first-order valence-electron chi connectivity index (χ1n) is 6.11. The van der Waals surface area contributed by atoms with Gasteiger partial charge in [-0.05, 0) is 25.0 Å². The van der Waals surface area contributed by atoms with Crippen LogP contribution in [0, 0.1) is 6.92 Å². The monoisotopic (exact) mass is 276 g/mol. The summed E-state index contributed by atoms with van der Waals surface area (Å²) in [6.07, 6.45) is 0. The zero-order chi connectivity index (χ0) is 13.7. The van der Waals surface area contributed by atoms with E-state index in [-0.39, 0.29) is 5.97 Å². The zero-order valence-corrected chi connectivity index (χ0v) is 11.8. The number of nitrogens with zero attached hydrogens (tertiary/aromatic N) is 1. The van der Waals surface area contributed by atoms with E-state index < -0.39 is 0 Å². The normalized spacial score (nSPS) is 10.2. The number of rotatable bonds is 5. The van der Waals surface area contributed by atoms with Crippen LogP contribution in [0.4, 0.5) is 5.13 Å². The highest BCUT2D eigenvalue weighted by Crippen LogP contribution is 2.18. The number of carbonyl (C=O) groups excluding carboxylic acids is 1. The summed E-state index contributed by atoms with van der Waals surface area (Å²) in [5.74, 6) is -0.373. The standard InChI is InChI=1S/C14H16N2O2S/c1-3-18-13(17)12-9-19-14(16-12)15-8-11-7-5-4-6-10(11)2/h4-7,9H,3,8H2,1-2H3,(H,15,16). The number of aryl methyl sites for hydroxylation is 1. The first-order valence-corrected chi connectivity index (χ1v) is 6.99. The maximum Gasteiger partial charge on any atom is 0.357 e. The average Bonchev–Trinajstić information content (AvgIpc) is 2.87. The van der Waals surface area contributed by atoms with E-state index in [0.717, 1.165) is 5.13 Å². The van der Waals surface area contributed by atoms with Gasteiger partial charge in [0.2, 0.25) is 0 Å². The Hall–Kier alpha value is -1.88. The van der Waals surface area contributed by atoms with Crippen LogP contribution in [0.25, 0.3) is 0 Å². The zero-order valence-electron chi connectivity index (χ0n) is 11.0. The summed E-state index contributed by atoms with van der Waals surface area (Å²) in [5.41, 5.74) is 2.81. The minimum absolute atomic E-state index is 0.360. The topological polar surface area (TPSA) is 51.2 Å². The van der Waals surface area contributed by atoms with Crippen LogP contribution in [-0.2, 0) is 11.3 Å². The van der Waals surface area contributed by atoms with Gasteiger partial charge in [-0.3, -0.25) is 0 Å². The third-order valence-electron chi connectivity index (χ3n) is 2.68. The predicted octanol–water partition coefficient (Wildman–Crippen LogP) is 3.24. The van der Waals surface area contributed by atoms with Crippen molar-refractivity contribution in [1.29, 1.82) is 0 Å². The minimum atomic E-state index is -0.373. The van der Waals surface area contributed by atoms with Gasteiger partial charge in [0, 0.05) is 11.9 Å². The van der Waals surface area contributed by atoms with Crippen molar-refractivity contribution in [2.75, 3.05) is 11.9 Å². The van der Waals surface area contributed by atoms with E-state index in [0.29, 0.717) is 18.8 Å². The van der Waals surface area contributed by atoms with Gasteiger partial charge in [-0.25, -0.2) is 9.78 Å². The fourth-order valence-electron chi connectivity index (χ4n) is 1.63. The highest BCUT2D eigenvalue weighted by Gasteiger charge is 2.11. The van der Waals surface area contributed by atoms with Crippen LogP contribution in [0.15, 0.2) is 29.6 Å². The quantitative estimate of drug-likeness (QED) is 0.852. The van der Waals surface area contributed by atoms with E-state index in [2.05, 4.69) is 29.4 Å². The lowest BCUT2D eigenvalue weighted by atomic mass is 10.1. The second-order valence-electron chi connectivity index (χ2n) is 4.04. The summed E-state index contributed by atoms with van der Waals surface area (Å²) in [5, 5.41) is 5.65. The molecular formula is C14H16N2O2S. The third kappa shape index (κ3) is 3.54. The molecule has 1 aromatic heterocycles. The molecule has 0 aliphatic rings. The van der Waals surface area contributed by atoms with Gasteiger partial charge in [0.15, 0.2) is 10.8 Å². The van der Waals surface area contributed by atoms with Gasteiger partial charge >= 0.3 is 5.97 Å². The molecular weight excluding hydrogens is 260 g/mol. The van der Waals surface area contributed by atoms with Gasteiger partial charge < -0.3 is 10.1 Å². The largest absolute Gasteiger partial charge is 0.461 e. The van der Waals surface area contributed by atoms with Crippen LogP contribution < -0.4 is 5.32 Å². The maximum absolute atomic E-state index is 11.5. The summed E-state index contributed by atoms with van der Waals surface area (Å²) in [6, 6.07) is 8.17. The van der Waals surface area contributed by atoms with Crippen molar-refractivity contribution in [2.24, 2.45) is 0 Å². The number of nitrogens with one attached hydrogen (secondary N) is 1. The number of anilines is 1. The SMILES string of the molecule is CCOC(=O)c1csc(NCc2ccccc2C)n1. The third-order valence-corrected chi connectivity index (χ3v) is 3.48. The van der Waals surface area contributed by atoms with Crippen molar-refractivity contribution in [1.82, 2.24) is 4.98 Å². The molecule has 1 N–H and O–H groups in total.